The molecule has 6 amide bonds. The molecule has 9 aromatic rings. The van der Waals surface area contributed by atoms with Crippen LogP contribution >= 0.6 is 0 Å². The number of amides is 6. The normalized spacial score (nSPS) is 12.5. The summed E-state index contributed by atoms with van der Waals surface area (Å²) < 4.78 is 0. The number of carbonyl (C=O) groups is 6. The summed E-state index contributed by atoms with van der Waals surface area (Å²) in [5.74, 6) is -2.58. The number of hydrogen-bond donors (Lipinski definition) is 12. The predicted molar refractivity (Wildman–Crippen MR) is 309 cm³/mol. The maximum absolute atomic E-state index is 13.7. The summed E-state index contributed by atoms with van der Waals surface area (Å²) in [6.07, 6.45) is 6.29. The zero-order chi connectivity index (χ0) is 55.3. The molecule has 3 aromatic heterocycles. The van der Waals surface area contributed by atoms with Crippen LogP contribution in [0.3, 0.4) is 0 Å². The van der Waals surface area contributed by atoms with Gasteiger partial charge in [0.15, 0.2) is 0 Å². The molecular formula is C61H64N12O6. The highest BCUT2D eigenvalue weighted by atomic mass is 16.2. The Kier molecular flexibility index (Phi) is 17.7. The standard InChI is InChI=1S/C61H64N12O6/c62-28-25-52(71-55(74)31-40-34-65-49-10-4-1-7-46(40)49)59(77)68-43-19-13-37(14-20-43)58(38-15-21-44(22-16-38)69-60(78)53(26-29-63)72-56(75)32-41-35-66-50-11-5-2-8-47(41)50)39-17-23-45(24-18-39)70-61(79)54(27-30-64)73-57(76)33-42-36-67-51-12-6-3-9-48(42)51/h1-24,34-36,52-54,58,65-67H,25-33,62-64H2,(H,68,77)(H,69,78)(H,70,79)(H,71,74)(H,72,75)(H,73,76)/t52-,53-,54+/m0/s1. The molecule has 3 atom stereocenters. The van der Waals surface area contributed by atoms with E-state index in [1.54, 1.807) is 55.0 Å². The van der Waals surface area contributed by atoms with E-state index in [9.17, 15) is 28.8 Å². The number of anilines is 3. The second-order valence-corrected chi connectivity index (χ2v) is 19.5. The molecule has 0 bridgehead atoms. The lowest BCUT2D eigenvalue weighted by Crippen LogP contribution is -2.45. The van der Waals surface area contributed by atoms with Crippen LogP contribution in [-0.2, 0) is 48.0 Å². The molecule has 0 spiro atoms. The Morgan fingerprint density at radius 2 is 0.633 bits per heavy atom. The fourth-order valence-corrected chi connectivity index (χ4v) is 9.94. The lowest BCUT2D eigenvalue weighted by Gasteiger charge is -2.22. The van der Waals surface area contributed by atoms with Gasteiger partial charge < -0.3 is 64.1 Å². The molecule has 15 N–H and O–H groups in total. The summed E-state index contributed by atoms with van der Waals surface area (Å²) in [6.45, 7) is 0.517. The van der Waals surface area contributed by atoms with E-state index < -0.39 is 41.8 Å². The minimum atomic E-state index is -0.882. The molecule has 0 unspecified atom stereocenters. The minimum Gasteiger partial charge on any atom is -0.361 e. The number of nitrogens with one attached hydrogen (secondary N) is 9. The maximum Gasteiger partial charge on any atom is 0.246 e. The summed E-state index contributed by atoms with van der Waals surface area (Å²) in [4.78, 5) is 90.4. The van der Waals surface area contributed by atoms with E-state index >= 15 is 0 Å². The van der Waals surface area contributed by atoms with E-state index in [0.29, 0.717) is 17.1 Å². The lowest BCUT2D eigenvalue weighted by atomic mass is 9.85. The average molecular weight is 1060 g/mol. The fourth-order valence-electron chi connectivity index (χ4n) is 9.94. The molecule has 0 aliphatic heterocycles. The molecule has 0 fully saturated rings. The van der Waals surface area contributed by atoms with Crippen LogP contribution < -0.4 is 49.1 Å². The van der Waals surface area contributed by atoms with E-state index in [1.807, 2.05) is 109 Å². The third kappa shape index (κ3) is 13.6. The minimum absolute atomic E-state index is 0.0788. The summed E-state index contributed by atoms with van der Waals surface area (Å²) in [7, 11) is 0. The third-order valence-corrected chi connectivity index (χ3v) is 13.9. The van der Waals surface area contributed by atoms with Crippen LogP contribution in [0.2, 0.25) is 0 Å². The average Bonchev–Trinajstić information content (AvgIpc) is 4.23. The number of aromatic amines is 3. The third-order valence-electron chi connectivity index (χ3n) is 13.9. The molecule has 0 aliphatic rings. The van der Waals surface area contributed by atoms with Crippen molar-refractivity contribution in [3.05, 3.63) is 198 Å². The lowest BCUT2D eigenvalue weighted by molar-refractivity contribution is -0.126. The van der Waals surface area contributed by atoms with Crippen molar-refractivity contribution in [3.8, 4) is 0 Å². The summed E-state index contributed by atoms with van der Waals surface area (Å²) in [5, 5.41) is 20.2. The van der Waals surface area contributed by atoms with Crippen molar-refractivity contribution < 1.29 is 28.8 Å². The Balaban J connectivity index is 0.902. The Hall–Kier alpha value is -9.36. The highest BCUT2D eigenvalue weighted by Gasteiger charge is 2.26. The van der Waals surface area contributed by atoms with Crippen LogP contribution in [0.25, 0.3) is 32.7 Å². The molecule has 0 radical (unpaired) electrons. The molecule has 0 saturated carbocycles. The van der Waals surface area contributed by atoms with Gasteiger partial charge in [-0.2, -0.15) is 0 Å². The first-order valence-electron chi connectivity index (χ1n) is 26.3. The van der Waals surface area contributed by atoms with Crippen molar-refractivity contribution in [1.82, 2.24) is 30.9 Å². The number of nitrogens with two attached hydrogens (primary N) is 3. The molecule has 0 saturated heterocycles. The number of fused-ring (bicyclic) bond motifs is 3. The summed E-state index contributed by atoms with van der Waals surface area (Å²) in [5.41, 5.74) is 27.0. The van der Waals surface area contributed by atoms with Gasteiger partial charge in [-0.25, -0.2) is 0 Å². The van der Waals surface area contributed by atoms with Crippen molar-refractivity contribution in [2.75, 3.05) is 35.6 Å². The van der Waals surface area contributed by atoms with Gasteiger partial charge in [-0.3, -0.25) is 28.8 Å². The number of benzene rings is 6. The van der Waals surface area contributed by atoms with Gasteiger partial charge in [0.2, 0.25) is 35.4 Å². The Morgan fingerprint density at radius 1 is 0.367 bits per heavy atom. The topological polar surface area (TPSA) is 300 Å². The Labute approximate surface area is 456 Å². The van der Waals surface area contributed by atoms with Gasteiger partial charge >= 0.3 is 0 Å². The van der Waals surface area contributed by atoms with Gasteiger partial charge in [-0.05, 0) is 127 Å². The van der Waals surface area contributed by atoms with E-state index in [4.69, 9.17) is 17.2 Å². The van der Waals surface area contributed by atoms with Crippen LogP contribution in [0.15, 0.2) is 164 Å². The van der Waals surface area contributed by atoms with E-state index in [1.165, 1.54) is 0 Å². The van der Waals surface area contributed by atoms with E-state index in [0.717, 1.165) is 66.1 Å². The van der Waals surface area contributed by atoms with Gasteiger partial charge in [0.05, 0.1) is 19.3 Å². The van der Waals surface area contributed by atoms with Crippen molar-refractivity contribution in [3.63, 3.8) is 0 Å². The smallest absolute Gasteiger partial charge is 0.246 e. The molecule has 18 heteroatoms. The first-order valence-corrected chi connectivity index (χ1v) is 26.3. The largest absolute Gasteiger partial charge is 0.361 e. The van der Waals surface area contributed by atoms with Crippen molar-refractivity contribution >= 4 is 85.2 Å². The van der Waals surface area contributed by atoms with Crippen molar-refractivity contribution in [2.45, 2.75) is 62.6 Å². The molecule has 0 aliphatic carbocycles. The van der Waals surface area contributed by atoms with Crippen molar-refractivity contribution in [2.24, 2.45) is 17.2 Å². The zero-order valence-corrected chi connectivity index (χ0v) is 43.4. The quantitative estimate of drug-likeness (QED) is 0.0300. The second kappa shape index (κ2) is 25.7. The van der Waals surface area contributed by atoms with E-state index in [2.05, 4.69) is 46.9 Å². The van der Waals surface area contributed by atoms with Crippen LogP contribution in [0.1, 0.15) is 58.6 Å². The zero-order valence-electron chi connectivity index (χ0n) is 43.4. The highest BCUT2D eigenvalue weighted by molar-refractivity contribution is 6.00. The Bertz CT molecular complexity index is 3210. The van der Waals surface area contributed by atoms with Gasteiger partial charge in [-0.1, -0.05) is 91.0 Å². The van der Waals surface area contributed by atoms with Gasteiger partial charge in [0.25, 0.3) is 0 Å². The molecular weight excluding hydrogens is 997 g/mol. The van der Waals surface area contributed by atoms with Crippen LogP contribution in [0, 0.1) is 0 Å². The monoisotopic (exact) mass is 1060 g/mol. The summed E-state index contributed by atoms with van der Waals surface area (Å²) >= 11 is 0. The van der Waals surface area contributed by atoms with E-state index in [-0.39, 0.29) is 75.9 Å². The molecule has 404 valence electrons. The van der Waals surface area contributed by atoms with Crippen LogP contribution in [0.4, 0.5) is 17.1 Å². The highest BCUT2D eigenvalue weighted by Crippen LogP contribution is 2.34. The first kappa shape index (κ1) is 54.4. The number of hydrogen-bond acceptors (Lipinski definition) is 9. The van der Waals surface area contributed by atoms with Gasteiger partial charge in [0, 0.05) is 74.3 Å². The predicted octanol–water partition coefficient (Wildman–Crippen LogP) is 6.36. The van der Waals surface area contributed by atoms with Crippen LogP contribution in [-0.4, -0.2) is 88.2 Å². The molecule has 9 rings (SSSR count). The van der Waals surface area contributed by atoms with Gasteiger partial charge in [0.1, 0.15) is 18.1 Å². The number of carbonyl (C=O) groups excluding carboxylic acids is 6. The first-order chi connectivity index (χ1) is 38.5. The number of aromatic nitrogens is 3. The molecule has 79 heavy (non-hydrogen) atoms. The molecule has 6 aromatic carbocycles. The number of para-hydroxylation sites is 3. The second-order valence-electron chi connectivity index (χ2n) is 19.5. The number of H-pyrrole nitrogens is 3. The SMILES string of the molecule is NCC[C@H](NC(=O)Cc1c[nH]c2ccccc12)C(=O)Nc1ccc(C(c2ccc(NC(=O)[C@H](CCN)NC(=O)Cc3c[nH]c4ccccc34)cc2)c2ccc(NC(=O)[C@@H](CCN)NC(=O)Cc3c[nH]c4ccccc34)cc2)cc1. The molecule has 18 nitrogen and oxygen atoms in total. The van der Waals surface area contributed by atoms with Crippen molar-refractivity contribution in [1.29, 1.82) is 0 Å². The summed E-state index contributed by atoms with van der Waals surface area (Å²) in [6, 6.07) is 42.5. The Morgan fingerprint density at radius 3 is 0.899 bits per heavy atom. The molecule has 3 heterocycles. The van der Waals surface area contributed by atoms with Gasteiger partial charge in [-0.15, -0.1) is 0 Å². The number of rotatable bonds is 24. The maximum atomic E-state index is 13.7. The fraction of sp³-hybridized carbons (Fsp3) is 0.213. The van der Waals surface area contributed by atoms with Crippen LogP contribution in [0.5, 0.6) is 0 Å².